The molecule has 1 heterocycles. The highest BCUT2D eigenvalue weighted by Crippen LogP contribution is 2.30. The Labute approximate surface area is 110 Å². The maximum absolute atomic E-state index is 11.8. The largest absolute Gasteiger partial charge is 0.449 e. The molecule has 0 unspecified atom stereocenters. The van der Waals surface area contributed by atoms with Crippen molar-refractivity contribution in [1.29, 1.82) is 0 Å². The number of hydrogen-bond acceptors (Lipinski definition) is 3. The summed E-state index contributed by atoms with van der Waals surface area (Å²) in [5, 5.41) is 3.40. The zero-order valence-corrected chi connectivity index (χ0v) is 10.7. The number of furan rings is 1. The molecule has 0 spiro atoms. The van der Waals surface area contributed by atoms with Crippen molar-refractivity contribution in [3.05, 3.63) is 30.0 Å². The number of nitrogens with one attached hydrogen (secondary N) is 1. The smallest absolute Gasteiger partial charge is 0.286 e. The van der Waals surface area contributed by atoms with Gasteiger partial charge in [-0.05, 0) is 18.6 Å². The van der Waals surface area contributed by atoms with Crippen molar-refractivity contribution in [2.75, 3.05) is 5.32 Å². The number of carbonyl (C=O) groups is 2. The third-order valence-corrected chi connectivity index (χ3v) is 2.84. The lowest BCUT2D eigenvalue weighted by Gasteiger charge is -2.04. The van der Waals surface area contributed by atoms with Gasteiger partial charge in [0.05, 0.1) is 0 Å². The number of fused-ring (bicyclic) bond motifs is 1. The molecule has 1 aromatic heterocycles. The Hall–Kier alpha value is -2.30. The van der Waals surface area contributed by atoms with E-state index in [4.69, 9.17) is 10.2 Å². The zero-order chi connectivity index (χ0) is 13.8. The molecule has 100 valence electrons. The van der Waals surface area contributed by atoms with Crippen molar-refractivity contribution in [3.63, 3.8) is 0 Å². The van der Waals surface area contributed by atoms with Crippen molar-refractivity contribution in [2.45, 2.75) is 26.2 Å². The fraction of sp³-hybridized carbons (Fsp3) is 0.286. The zero-order valence-electron chi connectivity index (χ0n) is 10.7. The molecule has 0 aliphatic heterocycles. The normalized spacial score (nSPS) is 10.6. The van der Waals surface area contributed by atoms with E-state index in [0.29, 0.717) is 23.1 Å². The topological polar surface area (TPSA) is 85.3 Å². The fourth-order valence-corrected chi connectivity index (χ4v) is 1.88. The van der Waals surface area contributed by atoms with Crippen molar-refractivity contribution < 1.29 is 14.0 Å². The lowest BCUT2D eigenvalue weighted by Crippen LogP contribution is -2.16. The number of amides is 2. The first-order chi connectivity index (χ1) is 9.13. The van der Waals surface area contributed by atoms with Crippen molar-refractivity contribution in [2.24, 2.45) is 5.73 Å². The van der Waals surface area contributed by atoms with Crippen LogP contribution >= 0.6 is 0 Å². The van der Waals surface area contributed by atoms with E-state index in [-0.39, 0.29) is 11.7 Å². The van der Waals surface area contributed by atoms with Gasteiger partial charge in [-0.3, -0.25) is 9.59 Å². The van der Waals surface area contributed by atoms with Crippen molar-refractivity contribution in [3.8, 4) is 0 Å². The molecule has 19 heavy (non-hydrogen) atoms. The molecule has 0 aliphatic rings. The van der Waals surface area contributed by atoms with Crippen LogP contribution in [0.4, 0.5) is 5.69 Å². The second-order valence-electron chi connectivity index (χ2n) is 4.32. The molecular weight excluding hydrogens is 244 g/mol. The first kappa shape index (κ1) is 13.1. The summed E-state index contributed by atoms with van der Waals surface area (Å²) in [5.74, 6) is -0.844. The Morgan fingerprint density at radius 1 is 1.32 bits per heavy atom. The van der Waals surface area contributed by atoms with Crippen LogP contribution in [0.15, 0.2) is 28.7 Å². The van der Waals surface area contributed by atoms with Gasteiger partial charge in [-0.2, -0.15) is 0 Å². The molecule has 0 bridgehead atoms. The molecule has 2 rings (SSSR count). The van der Waals surface area contributed by atoms with Gasteiger partial charge in [-0.25, -0.2) is 0 Å². The van der Waals surface area contributed by atoms with Crippen LogP contribution in [-0.4, -0.2) is 11.8 Å². The van der Waals surface area contributed by atoms with E-state index in [9.17, 15) is 9.59 Å². The molecule has 0 aliphatic carbocycles. The number of hydrogen-bond donors (Lipinski definition) is 2. The summed E-state index contributed by atoms with van der Waals surface area (Å²) >= 11 is 0. The Bertz CT molecular complexity index is 616. The number of rotatable bonds is 5. The van der Waals surface area contributed by atoms with E-state index in [1.165, 1.54) is 0 Å². The number of unbranched alkanes of at least 4 members (excludes halogenated alkanes) is 1. The molecule has 1 aromatic carbocycles. The summed E-state index contributed by atoms with van der Waals surface area (Å²) < 4.78 is 5.38. The minimum absolute atomic E-state index is 0.00829. The highest BCUT2D eigenvalue weighted by atomic mass is 16.3. The average Bonchev–Trinajstić information content (AvgIpc) is 2.76. The van der Waals surface area contributed by atoms with E-state index in [0.717, 1.165) is 12.8 Å². The van der Waals surface area contributed by atoms with Gasteiger partial charge in [0.2, 0.25) is 11.7 Å². The molecule has 0 saturated heterocycles. The molecule has 5 heteroatoms. The highest BCUT2D eigenvalue weighted by molar-refractivity contribution is 6.10. The predicted octanol–water partition coefficient (Wildman–Crippen LogP) is 2.66. The third kappa shape index (κ3) is 2.76. The molecule has 0 fully saturated rings. The molecular formula is C14H16N2O3. The van der Waals surface area contributed by atoms with Gasteiger partial charge in [0, 0.05) is 11.8 Å². The van der Waals surface area contributed by atoms with E-state index >= 15 is 0 Å². The Balaban J connectivity index is 2.36. The number of para-hydroxylation sites is 1. The van der Waals surface area contributed by atoms with Crippen LogP contribution in [0, 0.1) is 0 Å². The number of anilines is 1. The van der Waals surface area contributed by atoms with E-state index < -0.39 is 5.91 Å². The molecule has 0 radical (unpaired) electrons. The quantitative estimate of drug-likeness (QED) is 0.866. The molecule has 0 atom stereocenters. The number of benzene rings is 1. The number of nitrogens with two attached hydrogens (primary N) is 1. The van der Waals surface area contributed by atoms with Gasteiger partial charge in [0.25, 0.3) is 5.91 Å². The summed E-state index contributed by atoms with van der Waals surface area (Å²) in [7, 11) is 0. The van der Waals surface area contributed by atoms with Crippen LogP contribution in [0.5, 0.6) is 0 Å². The lowest BCUT2D eigenvalue weighted by atomic mass is 10.2. The van der Waals surface area contributed by atoms with Gasteiger partial charge >= 0.3 is 0 Å². The van der Waals surface area contributed by atoms with Gasteiger partial charge < -0.3 is 15.5 Å². The van der Waals surface area contributed by atoms with Crippen LogP contribution in [0.1, 0.15) is 36.7 Å². The van der Waals surface area contributed by atoms with Crippen molar-refractivity contribution in [1.82, 2.24) is 0 Å². The van der Waals surface area contributed by atoms with Gasteiger partial charge in [-0.15, -0.1) is 0 Å². The number of primary amides is 1. The first-order valence-corrected chi connectivity index (χ1v) is 6.24. The minimum atomic E-state index is -0.693. The fourth-order valence-electron chi connectivity index (χ4n) is 1.88. The van der Waals surface area contributed by atoms with Crippen LogP contribution in [-0.2, 0) is 4.79 Å². The molecule has 2 amide bonds. The Morgan fingerprint density at radius 3 is 2.74 bits per heavy atom. The second kappa shape index (κ2) is 5.56. The standard InChI is InChI=1S/C14H16N2O3/c1-2-3-8-11(17)16-12-9-6-4-5-7-10(9)19-13(12)14(15)18/h4-7H,2-3,8H2,1H3,(H2,15,18)(H,16,17). The maximum Gasteiger partial charge on any atom is 0.286 e. The summed E-state index contributed by atoms with van der Waals surface area (Å²) in [4.78, 5) is 23.1. The van der Waals surface area contributed by atoms with Gasteiger partial charge in [0.1, 0.15) is 11.3 Å². The predicted molar refractivity (Wildman–Crippen MR) is 72.9 cm³/mol. The second-order valence-corrected chi connectivity index (χ2v) is 4.32. The SMILES string of the molecule is CCCCC(=O)Nc1c(C(N)=O)oc2ccccc12. The number of carbonyl (C=O) groups excluding carboxylic acids is 2. The maximum atomic E-state index is 11.8. The highest BCUT2D eigenvalue weighted by Gasteiger charge is 2.19. The van der Waals surface area contributed by atoms with Crippen LogP contribution in [0.3, 0.4) is 0 Å². The lowest BCUT2D eigenvalue weighted by molar-refractivity contribution is -0.116. The van der Waals surface area contributed by atoms with Gasteiger partial charge in [0.15, 0.2) is 0 Å². The van der Waals surface area contributed by atoms with E-state index in [1.54, 1.807) is 18.2 Å². The summed E-state index contributed by atoms with van der Waals surface area (Å²) in [6.45, 7) is 2.01. The summed E-state index contributed by atoms with van der Waals surface area (Å²) in [5.41, 5.74) is 6.17. The molecule has 2 aromatic rings. The molecule has 5 nitrogen and oxygen atoms in total. The van der Waals surface area contributed by atoms with Crippen LogP contribution < -0.4 is 11.1 Å². The van der Waals surface area contributed by atoms with Crippen molar-refractivity contribution >= 4 is 28.5 Å². The van der Waals surface area contributed by atoms with Crippen LogP contribution in [0.2, 0.25) is 0 Å². The summed E-state index contributed by atoms with van der Waals surface area (Å²) in [6.07, 6.45) is 2.14. The van der Waals surface area contributed by atoms with E-state index in [2.05, 4.69) is 5.32 Å². The minimum Gasteiger partial charge on any atom is -0.449 e. The van der Waals surface area contributed by atoms with Crippen LogP contribution in [0.25, 0.3) is 11.0 Å². The first-order valence-electron chi connectivity index (χ1n) is 6.24. The monoisotopic (exact) mass is 260 g/mol. The average molecular weight is 260 g/mol. The van der Waals surface area contributed by atoms with Gasteiger partial charge in [-0.1, -0.05) is 25.5 Å². The van der Waals surface area contributed by atoms with E-state index in [1.807, 2.05) is 13.0 Å². The third-order valence-electron chi connectivity index (χ3n) is 2.84. The Morgan fingerprint density at radius 2 is 2.05 bits per heavy atom. The molecule has 3 N–H and O–H groups in total. The summed E-state index contributed by atoms with van der Waals surface area (Å²) in [6, 6.07) is 7.10. The Kier molecular flexibility index (Phi) is 3.85. The molecule has 0 saturated carbocycles.